The van der Waals surface area contributed by atoms with Gasteiger partial charge in [-0.15, -0.1) is 0 Å². The fourth-order valence-electron chi connectivity index (χ4n) is 4.40. The van der Waals surface area contributed by atoms with Crippen molar-refractivity contribution >= 4 is 5.91 Å². The zero-order valence-electron chi connectivity index (χ0n) is 17.1. The molecule has 1 aromatic carbocycles. The molecule has 1 amide bonds. The minimum Gasteiger partial charge on any atom is -0.497 e. The number of nitrogens with one attached hydrogen (secondary N) is 1. The Morgan fingerprint density at radius 1 is 1.17 bits per heavy atom. The maximum absolute atomic E-state index is 12.8. The summed E-state index contributed by atoms with van der Waals surface area (Å²) >= 11 is 0. The van der Waals surface area contributed by atoms with E-state index in [9.17, 15) is 4.79 Å². The van der Waals surface area contributed by atoms with Crippen molar-refractivity contribution in [1.29, 1.82) is 0 Å². The van der Waals surface area contributed by atoms with Crippen molar-refractivity contribution in [2.75, 3.05) is 20.2 Å². The quantitative estimate of drug-likeness (QED) is 0.764. The summed E-state index contributed by atoms with van der Waals surface area (Å²) in [4.78, 5) is 15.4. The summed E-state index contributed by atoms with van der Waals surface area (Å²) < 4.78 is 16.9. The predicted molar refractivity (Wildman–Crippen MR) is 110 cm³/mol. The van der Waals surface area contributed by atoms with Gasteiger partial charge in [-0.1, -0.05) is 12.8 Å². The molecule has 2 aromatic rings. The largest absolute Gasteiger partial charge is 0.497 e. The molecule has 0 bridgehead atoms. The Morgan fingerprint density at radius 2 is 1.97 bits per heavy atom. The second kappa shape index (κ2) is 9.35. The number of carbonyl (C=O) groups excluding carboxylic acids is 1. The van der Waals surface area contributed by atoms with Gasteiger partial charge in [-0.2, -0.15) is 0 Å². The van der Waals surface area contributed by atoms with E-state index < -0.39 is 0 Å². The molecule has 2 aliphatic rings. The number of ether oxygens (including phenoxy) is 2. The highest BCUT2D eigenvalue weighted by atomic mass is 16.5. The Morgan fingerprint density at radius 3 is 2.66 bits per heavy atom. The van der Waals surface area contributed by atoms with E-state index in [4.69, 9.17) is 13.9 Å². The van der Waals surface area contributed by atoms with Gasteiger partial charge in [0.15, 0.2) is 0 Å². The van der Waals surface area contributed by atoms with Crippen LogP contribution in [0.5, 0.6) is 11.5 Å². The number of benzene rings is 1. The first kappa shape index (κ1) is 19.8. The Kier molecular flexibility index (Phi) is 6.39. The van der Waals surface area contributed by atoms with Gasteiger partial charge in [0.25, 0.3) is 5.91 Å². The molecule has 1 saturated heterocycles. The average molecular weight is 399 g/mol. The Hall–Kier alpha value is -2.47. The van der Waals surface area contributed by atoms with Crippen LogP contribution in [0.4, 0.5) is 0 Å². The van der Waals surface area contributed by atoms with Gasteiger partial charge in [0.1, 0.15) is 23.4 Å². The van der Waals surface area contributed by atoms with Crippen LogP contribution in [0.3, 0.4) is 0 Å². The molecule has 0 spiro atoms. The van der Waals surface area contributed by atoms with Crippen molar-refractivity contribution in [3.63, 3.8) is 0 Å². The van der Waals surface area contributed by atoms with Crippen molar-refractivity contribution in [3.8, 4) is 11.5 Å². The molecule has 29 heavy (non-hydrogen) atoms. The van der Waals surface area contributed by atoms with E-state index in [1.807, 2.05) is 18.2 Å². The topological polar surface area (TPSA) is 63.9 Å². The van der Waals surface area contributed by atoms with E-state index in [1.165, 1.54) is 25.7 Å². The molecule has 156 valence electrons. The maximum Gasteiger partial charge on any atom is 0.255 e. The summed E-state index contributed by atoms with van der Waals surface area (Å²) in [6, 6.07) is 9.82. The van der Waals surface area contributed by atoms with Crippen LogP contribution in [0.2, 0.25) is 0 Å². The lowest BCUT2D eigenvalue weighted by molar-refractivity contribution is 0.0749. The third-order valence-corrected chi connectivity index (χ3v) is 6.05. The molecule has 1 saturated carbocycles. The van der Waals surface area contributed by atoms with E-state index in [0.29, 0.717) is 29.4 Å². The van der Waals surface area contributed by atoms with E-state index in [1.54, 1.807) is 25.5 Å². The lowest BCUT2D eigenvalue weighted by Crippen LogP contribution is -2.43. The summed E-state index contributed by atoms with van der Waals surface area (Å²) in [6.45, 7) is 2.49. The molecule has 1 aliphatic heterocycles. The minimum atomic E-state index is -0.196. The number of methoxy groups -OCH3 is 1. The minimum absolute atomic E-state index is 0.137. The third kappa shape index (κ3) is 4.93. The van der Waals surface area contributed by atoms with Gasteiger partial charge in [-0.25, -0.2) is 0 Å². The summed E-state index contributed by atoms with van der Waals surface area (Å²) in [7, 11) is 1.60. The van der Waals surface area contributed by atoms with Crippen LogP contribution in [0.25, 0.3) is 0 Å². The van der Waals surface area contributed by atoms with Gasteiger partial charge in [0.05, 0.1) is 25.5 Å². The van der Waals surface area contributed by atoms with Crippen LogP contribution < -0.4 is 14.8 Å². The lowest BCUT2D eigenvalue weighted by atomic mass is 10.0. The highest BCUT2D eigenvalue weighted by Gasteiger charge is 2.28. The summed E-state index contributed by atoms with van der Waals surface area (Å²) in [5.41, 5.74) is 0.495. The summed E-state index contributed by atoms with van der Waals surface area (Å²) in [6.07, 6.45) is 9.13. The molecule has 0 unspecified atom stereocenters. The number of hydrogen-bond donors (Lipinski definition) is 1. The molecular weight excluding hydrogens is 368 g/mol. The van der Waals surface area contributed by atoms with E-state index in [0.717, 1.165) is 32.0 Å². The average Bonchev–Trinajstić information content (AvgIpc) is 3.47. The molecule has 4 rings (SSSR count). The van der Waals surface area contributed by atoms with Crippen LogP contribution in [-0.2, 0) is 6.54 Å². The third-order valence-electron chi connectivity index (χ3n) is 6.05. The number of furan rings is 1. The fraction of sp³-hybridized carbons (Fsp3) is 0.522. The molecule has 0 atom stereocenters. The van der Waals surface area contributed by atoms with Crippen LogP contribution in [0, 0.1) is 0 Å². The summed E-state index contributed by atoms with van der Waals surface area (Å²) in [5.74, 6) is 1.76. The molecule has 2 fully saturated rings. The van der Waals surface area contributed by atoms with Crippen LogP contribution in [-0.4, -0.2) is 43.2 Å². The number of piperidine rings is 1. The van der Waals surface area contributed by atoms with Gasteiger partial charge in [0, 0.05) is 19.1 Å². The lowest BCUT2D eigenvalue weighted by Gasteiger charge is -2.36. The molecule has 1 N–H and O–H groups in total. The molecule has 0 radical (unpaired) electrons. The number of hydrogen-bond acceptors (Lipinski definition) is 5. The first-order valence-electron chi connectivity index (χ1n) is 10.6. The second-order valence-corrected chi connectivity index (χ2v) is 7.92. The number of carbonyl (C=O) groups is 1. The SMILES string of the molecule is COc1ccc(OC2CCN(C3CCCC3)CC2)c(C(=O)NCc2ccco2)c1. The Bertz CT molecular complexity index is 791. The molecule has 1 aliphatic carbocycles. The first-order chi connectivity index (χ1) is 14.2. The van der Waals surface area contributed by atoms with Crippen LogP contribution in [0.1, 0.15) is 54.6 Å². The van der Waals surface area contributed by atoms with Crippen molar-refractivity contribution < 1.29 is 18.7 Å². The predicted octanol–water partition coefficient (Wildman–Crippen LogP) is 4.00. The second-order valence-electron chi connectivity index (χ2n) is 7.92. The molecule has 2 heterocycles. The molecule has 1 aromatic heterocycles. The van der Waals surface area contributed by atoms with Gasteiger partial charge < -0.3 is 24.1 Å². The molecular formula is C23H30N2O4. The van der Waals surface area contributed by atoms with Crippen molar-refractivity contribution in [1.82, 2.24) is 10.2 Å². The zero-order valence-corrected chi connectivity index (χ0v) is 17.1. The van der Waals surface area contributed by atoms with E-state index >= 15 is 0 Å². The zero-order chi connectivity index (χ0) is 20.1. The van der Waals surface area contributed by atoms with Crippen molar-refractivity contribution in [2.24, 2.45) is 0 Å². The number of amides is 1. The molecule has 6 nitrogen and oxygen atoms in total. The van der Waals surface area contributed by atoms with Crippen molar-refractivity contribution in [2.45, 2.75) is 57.2 Å². The fourth-order valence-corrected chi connectivity index (χ4v) is 4.40. The maximum atomic E-state index is 12.8. The van der Waals surface area contributed by atoms with Gasteiger partial charge in [0.2, 0.25) is 0 Å². The summed E-state index contributed by atoms with van der Waals surface area (Å²) in [5, 5.41) is 2.90. The van der Waals surface area contributed by atoms with E-state index in [2.05, 4.69) is 10.2 Å². The highest BCUT2D eigenvalue weighted by Crippen LogP contribution is 2.30. The van der Waals surface area contributed by atoms with Gasteiger partial charge >= 0.3 is 0 Å². The Labute approximate surface area is 172 Å². The van der Waals surface area contributed by atoms with Crippen LogP contribution in [0.15, 0.2) is 41.0 Å². The van der Waals surface area contributed by atoms with Gasteiger partial charge in [-0.3, -0.25) is 4.79 Å². The monoisotopic (exact) mass is 398 g/mol. The number of rotatable bonds is 7. The van der Waals surface area contributed by atoms with Crippen LogP contribution >= 0.6 is 0 Å². The highest BCUT2D eigenvalue weighted by molar-refractivity contribution is 5.97. The van der Waals surface area contributed by atoms with Crippen molar-refractivity contribution in [3.05, 3.63) is 47.9 Å². The standard InChI is InChI=1S/C23H30N2O4/c1-27-19-8-9-22(21(15-19)23(26)24-16-20-7-4-14-28-20)29-18-10-12-25(13-11-18)17-5-2-3-6-17/h4,7-9,14-15,17-18H,2-3,5-6,10-13,16H2,1H3,(H,24,26). The first-order valence-corrected chi connectivity index (χ1v) is 10.6. The Balaban J connectivity index is 1.39. The molecule has 6 heteroatoms. The van der Waals surface area contributed by atoms with Gasteiger partial charge in [-0.05, 0) is 56.0 Å². The normalized spacial score (nSPS) is 18.7. The number of likely N-dealkylation sites (tertiary alicyclic amines) is 1. The smallest absolute Gasteiger partial charge is 0.255 e. The number of nitrogens with zero attached hydrogens (tertiary/aromatic N) is 1. The van der Waals surface area contributed by atoms with E-state index in [-0.39, 0.29) is 12.0 Å².